The molecule has 0 bridgehead atoms. The Hall–Kier alpha value is -2.96. The number of likely N-dealkylation sites (N-methyl/N-ethyl adjacent to an activating group) is 1. The summed E-state index contributed by atoms with van der Waals surface area (Å²) in [5, 5.41) is 8.52. The number of benzene rings is 1. The maximum absolute atomic E-state index is 13.3. The Kier molecular flexibility index (Phi) is 6.23. The molecule has 3 rings (SSSR count). The zero-order valence-electron chi connectivity index (χ0n) is 15.9. The second kappa shape index (κ2) is 8.82. The zero-order valence-corrected chi connectivity index (χ0v) is 15.9. The van der Waals surface area contributed by atoms with Crippen LogP contribution in [0.2, 0.25) is 0 Å². The third-order valence-electron chi connectivity index (χ3n) is 5.24. The molecule has 3 N–H and O–H groups in total. The van der Waals surface area contributed by atoms with E-state index in [0.717, 1.165) is 30.4 Å². The van der Waals surface area contributed by atoms with Gasteiger partial charge in [-0.2, -0.15) is 0 Å². The van der Waals surface area contributed by atoms with Gasteiger partial charge in [0.25, 0.3) is 0 Å². The molecule has 0 unspecified atom stereocenters. The molecule has 1 saturated carbocycles. The maximum atomic E-state index is 13.3. The molecule has 6 nitrogen and oxygen atoms in total. The smallest absolute Gasteiger partial charge is 0.316 e. The number of carbonyl (C=O) groups is 2. The molecule has 1 heterocycles. The fraction of sp³-hybridized carbons (Fsp3) is 0.381. The molecule has 3 amide bonds. The second-order valence-corrected chi connectivity index (χ2v) is 7.09. The molecule has 1 aliphatic carbocycles. The molecular weight excluding hydrogens is 359 g/mol. The van der Waals surface area contributed by atoms with Crippen LogP contribution in [0.1, 0.15) is 49.3 Å². The van der Waals surface area contributed by atoms with E-state index in [1.807, 2.05) is 0 Å². The van der Waals surface area contributed by atoms with Crippen molar-refractivity contribution in [1.29, 1.82) is 0 Å². The molecule has 1 aromatic carbocycles. The molecular formula is C21H25FN4O2. The third kappa shape index (κ3) is 4.47. The summed E-state index contributed by atoms with van der Waals surface area (Å²) in [7, 11) is 1.58. The summed E-state index contributed by atoms with van der Waals surface area (Å²) in [5.74, 6) is -0.521. The van der Waals surface area contributed by atoms with Gasteiger partial charge < -0.3 is 16.0 Å². The van der Waals surface area contributed by atoms with Crippen LogP contribution in [0.15, 0.2) is 48.8 Å². The average Bonchev–Trinajstić information content (AvgIpc) is 2.73. The van der Waals surface area contributed by atoms with E-state index in [1.54, 1.807) is 43.7 Å². The minimum Gasteiger partial charge on any atom is -0.357 e. The number of hydrogen-bond acceptors (Lipinski definition) is 3. The molecule has 148 valence electrons. The van der Waals surface area contributed by atoms with Gasteiger partial charge in [-0.05, 0) is 48.2 Å². The van der Waals surface area contributed by atoms with E-state index in [-0.39, 0.29) is 11.7 Å². The molecule has 0 saturated heterocycles. The molecule has 0 aliphatic heterocycles. The van der Waals surface area contributed by atoms with Crippen molar-refractivity contribution in [2.75, 3.05) is 7.05 Å². The van der Waals surface area contributed by atoms with Crippen molar-refractivity contribution in [1.82, 2.24) is 20.9 Å². The first-order valence-electron chi connectivity index (χ1n) is 9.50. The summed E-state index contributed by atoms with van der Waals surface area (Å²) in [6.45, 7) is 0. The number of rotatable bonds is 5. The Morgan fingerprint density at radius 3 is 2.21 bits per heavy atom. The van der Waals surface area contributed by atoms with E-state index in [1.165, 1.54) is 12.1 Å². The fourth-order valence-electron chi connectivity index (χ4n) is 3.76. The lowest BCUT2D eigenvalue weighted by molar-refractivity contribution is -0.128. The molecule has 0 spiro atoms. The molecule has 0 radical (unpaired) electrons. The predicted molar refractivity (Wildman–Crippen MR) is 104 cm³/mol. The quantitative estimate of drug-likeness (QED) is 0.741. The van der Waals surface area contributed by atoms with Crippen LogP contribution in [0.4, 0.5) is 9.18 Å². The van der Waals surface area contributed by atoms with Crippen molar-refractivity contribution < 1.29 is 14.0 Å². The lowest BCUT2D eigenvalue weighted by atomic mass is 9.81. The highest BCUT2D eigenvalue weighted by Gasteiger charge is 2.40. The van der Waals surface area contributed by atoms with Crippen LogP contribution in [0.5, 0.6) is 0 Å². The Morgan fingerprint density at radius 1 is 1.00 bits per heavy atom. The number of hydrogen-bond donors (Lipinski definition) is 3. The van der Waals surface area contributed by atoms with Crippen molar-refractivity contribution in [3.8, 4) is 0 Å². The Morgan fingerprint density at radius 2 is 1.61 bits per heavy atom. The second-order valence-electron chi connectivity index (χ2n) is 7.09. The van der Waals surface area contributed by atoms with E-state index >= 15 is 0 Å². The number of halogens is 1. The fourth-order valence-corrected chi connectivity index (χ4v) is 3.76. The number of aromatic nitrogens is 1. The van der Waals surface area contributed by atoms with E-state index < -0.39 is 17.6 Å². The molecule has 28 heavy (non-hydrogen) atoms. The molecule has 1 fully saturated rings. The lowest BCUT2D eigenvalue weighted by Crippen LogP contribution is -2.61. The Bertz CT molecular complexity index is 805. The van der Waals surface area contributed by atoms with Crippen LogP contribution >= 0.6 is 0 Å². The number of nitrogens with zero attached hydrogens (tertiary/aromatic N) is 1. The SMILES string of the molecule is CNC(=O)C1(NC(=O)N[C@@H](c2ccncc2)c2ccc(F)cc2)CCCCC1. The summed E-state index contributed by atoms with van der Waals surface area (Å²) in [4.78, 5) is 29.4. The van der Waals surface area contributed by atoms with Gasteiger partial charge >= 0.3 is 6.03 Å². The summed E-state index contributed by atoms with van der Waals surface area (Å²) in [6, 6.07) is 8.65. The van der Waals surface area contributed by atoms with Gasteiger partial charge in [0.2, 0.25) is 5.91 Å². The lowest BCUT2D eigenvalue weighted by Gasteiger charge is -2.36. The first-order valence-corrected chi connectivity index (χ1v) is 9.50. The van der Waals surface area contributed by atoms with Crippen molar-refractivity contribution in [2.24, 2.45) is 0 Å². The van der Waals surface area contributed by atoms with Crippen LogP contribution in [0.25, 0.3) is 0 Å². The Labute approximate surface area is 163 Å². The van der Waals surface area contributed by atoms with E-state index in [2.05, 4.69) is 20.9 Å². The van der Waals surface area contributed by atoms with Crippen LogP contribution < -0.4 is 16.0 Å². The van der Waals surface area contributed by atoms with E-state index in [9.17, 15) is 14.0 Å². The molecule has 2 aromatic rings. The standard InChI is InChI=1S/C21H25FN4O2/c1-23-19(27)21(11-3-2-4-12-21)26-20(28)25-18(16-9-13-24-14-10-16)15-5-7-17(22)8-6-15/h5-10,13-14,18H,2-4,11-12H2,1H3,(H,23,27)(H2,25,26,28)/t18-/m1/s1. The molecule has 1 atom stereocenters. The zero-order chi connectivity index (χ0) is 20.0. The van der Waals surface area contributed by atoms with E-state index in [4.69, 9.17) is 0 Å². The Balaban J connectivity index is 1.82. The average molecular weight is 384 g/mol. The summed E-state index contributed by atoms with van der Waals surface area (Å²) >= 11 is 0. The highest BCUT2D eigenvalue weighted by Crippen LogP contribution is 2.29. The monoisotopic (exact) mass is 384 g/mol. The van der Waals surface area contributed by atoms with Crippen LogP contribution in [0.3, 0.4) is 0 Å². The summed E-state index contributed by atoms with van der Waals surface area (Å²) in [5.41, 5.74) is 0.651. The van der Waals surface area contributed by atoms with Crippen LogP contribution in [-0.2, 0) is 4.79 Å². The number of nitrogens with one attached hydrogen (secondary N) is 3. The van der Waals surface area contributed by atoms with Gasteiger partial charge in [-0.3, -0.25) is 9.78 Å². The van der Waals surface area contributed by atoms with Gasteiger partial charge in [-0.15, -0.1) is 0 Å². The molecule has 1 aromatic heterocycles. The van der Waals surface area contributed by atoms with Gasteiger partial charge in [-0.25, -0.2) is 9.18 Å². The molecule has 7 heteroatoms. The first kappa shape index (κ1) is 19.8. The number of amides is 3. The minimum atomic E-state index is -0.900. The van der Waals surface area contributed by atoms with Crippen molar-refractivity contribution in [3.63, 3.8) is 0 Å². The minimum absolute atomic E-state index is 0.176. The van der Waals surface area contributed by atoms with Gasteiger partial charge in [0.15, 0.2) is 0 Å². The van der Waals surface area contributed by atoms with Crippen LogP contribution in [-0.4, -0.2) is 29.5 Å². The largest absolute Gasteiger partial charge is 0.357 e. The normalized spacial score (nSPS) is 16.6. The van der Waals surface area contributed by atoms with Crippen molar-refractivity contribution >= 4 is 11.9 Å². The summed E-state index contributed by atoms with van der Waals surface area (Å²) < 4.78 is 13.3. The maximum Gasteiger partial charge on any atom is 0.316 e. The summed E-state index contributed by atoms with van der Waals surface area (Å²) in [6.07, 6.45) is 7.32. The number of carbonyl (C=O) groups excluding carboxylic acids is 2. The predicted octanol–water partition coefficient (Wildman–Crippen LogP) is 3.06. The molecule has 1 aliphatic rings. The van der Waals surface area contributed by atoms with Gasteiger partial charge in [0, 0.05) is 19.4 Å². The van der Waals surface area contributed by atoms with Crippen LogP contribution in [0, 0.1) is 5.82 Å². The first-order chi connectivity index (χ1) is 13.5. The van der Waals surface area contributed by atoms with Crippen molar-refractivity contribution in [3.05, 3.63) is 65.7 Å². The van der Waals surface area contributed by atoms with Gasteiger partial charge in [-0.1, -0.05) is 31.4 Å². The third-order valence-corrected chi connectivity index (χ3v) is 5.24. The van der Waals surface area contributed by atoms with Crippen molar-refractivity contribution in [2.45, 2.75) is 43.7 Å². The number of urea groups is 1. The highest BCUT2D eigenvalue weighted by atomic mass is 19.1. The number of pyridine rings is 1. The van der Waals surface area contributed by atoms with Gasteiger partial charge in [0.1, 0.15) is 11.4 Å². The highest BCUT2D eigenvalue weighted by molar-refractivity contribution is 5.91. The topological polar surface area (TPSA) is 83.1 Å². The van der Waals surface area contributed by atoms with Gasteiger partial charge in [0.05, 0.1) is 6.04 Å². The van der Waals surface area contributed by atoms with E-state index in [0.29, 0.717) is 12.8 Å².